The highest BCUT2D eigenvalue weighted by Crippen LogP contribution is 2.21. The van der Waals surface area contributed by atoms with Crippen LogP contribution in [0.1, 0.15) is 10.4 Å². The Balaban J connectivity index is 1.58. The van der Waals surface area contributed by atoms with Gasteiger partial charge in [0.25, 0.3) is 0 Å². The summed E-state index contributed by atoms with van der Waals surface area (Å²) in [5.41, 5.74) is 0.925. The third kappa shape index (κ3) is 3.25. The quantitative estimate of drug-likeness (QED) is 0.816. The molecule has 2 aliphatic rings. The molecule has 112 valence electrons. The molecule has 1 aromatic heterocycles. The van der Waals surface area contributed by atoms with Crippen molar-refractivity contribution in [2.45, 2.75) is 12.6 Å². The van der Waals surface area contributed by atoms with Gasteiger partial charge in [-0.15, -0.1) is 11.3 Å². The summed E-state index contributed by atoms with van der Waals surface area (Å²) in [7, 11) is 0. The number of thiophene rings is 1. The minimum Gasteiger partial charge on any atom is -0.478 e. The normalized spacial score (nSPS) is 22.6. The van der Waals surface area contributed by atoms with Crippen LogP contribution in [-0.4, -0.2) is 59.1 Å². The van der Waals surface area contributed by atoms with Crippen LogP contribution >= 0.6 is 11.3 Å². The molecule has 2 fully saturated rings. The van der Waals surface area contributed by atoms with E-state index in [0.29, 0.717) is 0 Å². The standard InChI is InChI=1S/C14H17N3O3S/c18-13(19)2-1-10-5-12(21-9-10)8-16-3-4-17-11(7-16)6-15-14(17)20/h1-2,5,9,11H,3-4,6-8H2,(H,15,20)(H,18,19). The molecule has 1 aromatic rings. The van der Waals surface area contributed by atoms with Crippen molar-refractivity contribution in [1.82, 2.24) is 15.1 Å². The Bertz CT molecular complexity index is 584. The summed E-state index contributed by atoms with van der Waals surface area (Å²) in [5, 5.41) is 13.5. The summed E-state index contributed by atoms with van der Waals surface area (Å²) in [6.45, 7) is 4.11. The average molecular weight is 307 g/mol. The molecule has 2 aliphatic heterocycles. The van der Waals surface area contributed by atoms with E-state index >= 15 is 0 Å². The van der Waals surface area contributed by atoms with E-state index in [9.17, 15) is 9.59 Å². The predicted molar refractivity (Wildman–Crippen MR) is 80.2 cm³/mol. The summed E-state index contributed by atoms with van der Waals surface area (Å²) in [5.74, 6) is -0.933. The first-order valence-electron chi connectivity index (χ1n) is 6.87. The molecule has 1 atom stereocenters. The fourth-order valence-corrected chi connectivity index (χ4v) is 3.66. The van der Waals surface area contributed by atoms with Crippen molar-refractivity contribution in [1.29, 1.82) is 0 Å². The van der Waals surface area contributed by atoms with E-state index in [4.69, 9.17) is 5.11 Å². The first kappa shape index (κ1) is 14.1. The van der Waals surface area contributed by atoms with Crippen LogP contribution in [0.5, 0.6) is 0 Å². The lowest BCUT2D eigenvalue weighted by molar-refractivity contribution is -0.131. The number of carbonyl (C=O) groups excluding carboxylic acids is 1. The zero-order valence-corrected chi connectivity index (χ0v) is 12.3. The number of carboxylic acid groups (broad SMARTS) is 1. The molecule has 1 unspecified atom stereocenters. The third-order valence-corrected chi connectivity index (χ3v) is 4.73. The van der Waals surface area contributed by atoms with Gasteiger partial charge in [0.05, 0.1) is 6.04 Å². The van der Waals surface area contributed by atoms with Gasteiger partial charge in [0, 0.05) is 43.7 Å². The summed E-state index contributed by atoms with van der Waals surface area (Å²) in [4.78, 5) is 27.5. The minimum absolute atomic E-state index is 0.0527. The van der Waals surface area contributed by atoms with Crippen LogP contribution in [0.2, 0.25) is 0 Å². The number of amides is 2. The van der Waals surface area contributed by atoms with Crippen molar-refractivity contribution >= 4 is 29.4 Å². The highest BCUT2D eigenvalue weighted by Gasteiger charge is 2.35. The van der Waals surface area contributed by atoms with E-state index < -0.39 is 5.97 Å². The molecule has 0 radical (unpaired) electrons. The van der Waals surface area contributed by atoms with E-state index in [0.717, 1.165) is 44.4 Å². The largest absolute Gasteiger partial charge is 0.478 e. The number of nitrogens with zero attached hydrogens (tertiary/aromatic N) is 2. The summed E-state index contributed by atoms with van der Waals surface area (Å²) >= 11 is 1.64. The molecule has 2 N–H and O–H groups in total. The second kappa shape index (κ2) is 5.87. The molecule has 0 aromatic carbocycles. The highest BCUT2D eigenvalue weighted by molar-refractivity contribution is 7.10. The Hall–Kier alpha value is -1.86. The van der Waals surface area contributed by atoms with Gasteiger partial charge >= 0.3 is 12.0 Å². The Morgan fingerprint density at radius 2 is 2.38 bits per heavy atom. The first-order chi connectivity index (χ1) is 10.1. The van der Waals surface area contributed by atoms with Crippen LogP contribution in [0, 0.1) is 0 Å². The Labute approximate surface area is 126 Å². The maximum absolute atomic E-state index is 11.5. The van der Waals surface area contributed by atoms with Crippen molar-refractivity contribution in [3.05, 3.63) is 28.0 Å². The van der Waals surface area contributed by atoms with Crippen LogP contribution in [0.15, 0.2) is 17.5 Å². The molecule has 0 aliphatic carbocycles. The maximum Gasteiger partial charge on any atom is 0.328 e. The van der Waals surface area contributed by atoms with Crippen LogP contribution < -0.4 is 5.32 Å². The van der Waals surface area contributed by atoms with Crippen molar-refractivity contribution in [3.63, 3.8) is 0 Å². The van der Waals surface area contributed by atoms with Crippen molar-refractivity contribution in [2.24, 2.45) is 0 Å². The van der Waals surface area contributed by atoms with Gasteiger partial charge < -0.3 is 15.3 Å². The zero-order chi connectivity index (χ0) is 14.8. The Kier molecular flexibility index (Phi) is 3.94. The molecule has 0 spiro atoms. The number of hydrogen-bond donors (Lipinski definition) is 2. The summed E-state index contributed by atoms with van der Waals surface area (Å²) in [6, 6.07) is 2.35. The zero-order valence-electron chi connectivity index (χ0n) is 11.5. The highest BCUT2D eigenvalue weighted by atomic mass is 32.1. The number of urea groups is 1. The fraction of sp³-hybridized carbons (Fsp3) is 0.429. The number of nitrogens with one attached hydrogen (secondary N) is 1. The Morgan fingerprint density at radius 1 is 1.52 bits per heavy atom. The monoisotopic (exact) mass is 307 g/mol. The Morgan fingerprint density at radius 3 is 3.19 bits per heavy atom. The van der Waals surface area contributed by atoms with Gasteiger partial charge in [-0.05, 0) is 23.1 Å². The molecule has 0 bridgehead atoms. The number of carboxylic acids is 1. The minimum atomic E-state index is -0.933. The van der Waals surface area contributed by atoms with Crippen LogP contribution in [0.25, 0.3) is 6.08 Å². The van der Waals surface area contributed by atoms with E-state index in [-0.39, 0.29) is 12.1 Å². The number of hydrogen-bond acceptors (Lipinski definition) is 4. The molecule has 2 saturated heterocycles. The number of carbonyl (C=O) groups is 2. The van der Waals surface area contributed by atoms with Crippen molar-refractivity contribution in [2.75, 3.05) is 26.2 Å². The topological polar surface area (TPSA) is 72.9 Å². The van der Waals surface area contributed by atoms with Gasteiger partial charge in [-0.3, -0.25) is 4.90 Å². The molecule has 7 heteroatoms. The van der Waals surface area contributed by atoms with E-state index in [2.05, 4.69) is 10.2 Å². The van der Waals surface area contributed by atoms with Gasteiger partial charge in [0.1, 0.15) is 0 Å². The summed E-state index contributed by atoms with van der Waals surface area (Å²) in [6.07, 6.45) is 2.76. The SMILES string of the molecule is O=C(O)C=Cc1csc(CN2CCN3C(=O)NCC3C2)c1. The van der Waals surface area contributed by atoms with Crippen LogP contribution in [-0.2, 0) is 11.3 Å². The third-order valence-electron chi connectivity index (χ3n) is 3.79. The smallest absolute Gasteiger partial charge is 0.328 e. The van der Waals surface area contributed by atoms with Gasteiger partial charge in [-0.25, -0.2) is 9.59 Å². The van der Waals surface area contributed by atoms with Gasteiger partial charge in [0.15, 0.2) is 0 Å². The van der Waals surface area contributed by atoms with Crippen molar-refractivity contribution < 1.29 is 14.7 Å². The molecular formula is C14H17N3O3S. The lowest BCUT2D eigenvalue weighted by Gasteiger charge is -2.36. The maximum atomic E-state index is 11.5. The lowest BCUT2D eigenvalue weighted by atomic mass is 10.2. The molecule has 21 heavy (non-hydrogen) atoms. The second-order valence-electron chi connectivity index (χ2n) is 5.29. The lowest BCUT2D eigenvalue weighted by Crippen LogP contribution is -2.51. The molecule has 2 amide bonds. The number of piperazine rings is 1. The van der Waals surface area contributed by atoms with Crippen LogP contribution in [0.4, 0.5) is 4.79 Å². The van der Waals surface area contributed by atoms with E-state index in [1.54, 1.807) is 17.4 Å². The molecule has 0 saturated carbocycles. The van der Waals surface area contributed by atoms with Gasteiger partial charge in [-0.2, -0.15) is 0 Å². The number of fused-ring (bicyclic) bond motifs is 1. The average Bonchev–Trinajstić information content (AvgIpc) is 3.04. The van der Waals surface area contributed by atoms with E-state index in [1.165, 1.54) is 4.88 Å². The van der Waals surface area contributed by atoms with Crippen LogP contribution in [0.3, 0.4) is 0 Å². The first-order valence-corrected chi connectivity index (χ1v) is 7.75. The molecule has 6 nitrogen and oxygen atoms in total. The number of aliphatic carboxylic acids is 1. The molecule has 3 heterocycles. The van der Waals surface area contributed by atoms with Crippen molar-refractivity contribution in [3.8, 4) is 0 Å². The van der Waals surface area contributed by atoms with E-state index in [1.807, 2.05) is 16.3 Å². The second-order valence-corrected chi connectivity index (χ2v) is 6.28. The predicted octanol–water partition coefficient (Wildman–Crippen LogP) is 1.06. The van der Waals surface area contributed by atoms with Gasteiger partial charge in [-0.1, -0.05) is 0 Å². The molecule has 3 rings (SSSR count). The fourth-order valence-electron chi connectivity index (χ4n) is 2.77. The molecular weight excluding hydrogens is 290 g/mol. The number of rotatable bonds is 4. The van der Waals surface area contributed by atoms with Gasteiger partial charge in [0.2, 0.25) is 0 Å². The summed E-state index contributed by atoms with van der Waals surface area (Å²) < 4.78 is 0.